The van der Waals surface area contributed by atoms with Crippen molar-refractivity contribution in [3.05, 3.63) is 77.9 Å². The van der Waals surface area contributed by atoms with Gasteiger partial charge < -0.3 is 12.0 Å². The molecule has 5 heteroatoms. The van der Waals surface area contributed by atoms with Crippen LogP contribution in [0.3, 0.4) is 0 Å². The fourth-order valence-corrected chi connectivity index (χ4v) is 3.67. The maximum atomic E-state index is 5.96. The fourth-order valence-electron chi connectivity index (χ4n) is 2.84. The summed E-state index contributed by atoms with van der Waals surface area (Å²) in [6, 6.07) is 21.5. The van der Waals surface area contributed by atoms with E-state index in [1.807, 2.05) is 80.6 Å². The topological polar surface area (TPSA) is 44.5 Å². The Labute approximate surface area is 158 Å². The van der Waals surface area contributed by atoms with Crippen molar-refractivity contribution < 1.29 is 12.0 Å². The van der Waals surface area contributed by atoms with E-state index in [1.54, 1.807) is 0 Å². The molecule has 1 aromatic heterocycles. The number of aromatic nitrogens is 1. The summed E-state index contributed by atoms with van der Waals surface area (Å²) in [6.07, 6.45) is 0. The molecule has 0 saturated carbocycles. The molecular formula is C21H17AlNO3. The minimum absolute atomic E-state index is 0.549. The minimum atomic E-state index is -0.706. The van der Waals surface area contributed by atoms with Gasteiger partial charge in [-0.2, -0.15) is 0 Å². The first kappa shape index (κ1) is 16.7. The summed E-state index contributed by atoms with van der Waals surface area (Å²) in [5, 5.41) is 0. The molecule has 127 valence electrons. The second-order valence-corrected chi connectivity index (χ2v) is 6.70. The van der Waals surface area contributed by atoms with E-state index in [0.29, 0.717) is 11.6 Å². The molecule has 1 radical (unpaired) electrons. The third-order valence-electron chi connectivity index (χ3n) is 4.16. The number of rotatable bonds is 5. The van der Waals surface area contributed by atoms with Gasteiger partial charge in [-0.15, -0.1) is 0 Å². The Kier molecular flexibility index (Phi) is 4.66. The lowest BCUT2D eigenvalue weighted by Crippen LogP contribution is -2.13. The van der Waals surface area contributed by atoms with Crippen molar-refractivity contribution in [1.82, 2.24) is 4.98 Å². The third-order valence-corrected chi connectivity index (χ3v) is 4.84. The van der Waals surface area contributed by atoms with Crippen molar-refractivity contribution in [2.45, 2.75) is 13.8 Å². The van der Waals surface area contributed by atoms with Gasteiger partial charge >= 0.3 is 15.9 Å². The van der Waals surface area contributed by atoms with Gasteiger partial charge in [0.15, 0.2) is 5.58 Å². The molecule has 0 atom stereocenters. The molecule has 0 spiro atoms. The SMILES string of the molecule is Cc1cccc(C)c1[O][Al][O]c1ccccc1-c1nc2ccccc2o1. The van der Waals surface area contributed by atoms with Crippen molar-refractivity contribution in [2.24, 2.45) is 0 Å². The van der Waals surface area contributed by atoms with E-state index in [4.69, 9.17) is 12.0 Å². The number of nitrogens with zero attached hydrogens (tertiary/aromatic N) is 1. The minimum Gasteiger partial charge on any atom is -0.615 e. The number of hydrogen-bond donors (Lipinski definition) is 0. The van der Waals surface area contributed by atoms with Gasteiger partial charge in [0.2, 0.25) is 5.89 Å². The molecule has 26 heavy (non-hydrogen) atoms. The lowest BCUT2D eigenvalue weighted by atomic mass is 10.1. The number of oxazole rings is 1. The molecule has 4 rings (SSSR count). The number of hydrogen-bond acceptors (Lipinski definition) is 4. The highest BCUT2D eigenvalue weighted by Gasteiger charge is 2.16. The number of fused-ring (bicyclic) bond motifs is 1. The summed E-state index contributed by atoms with van der Waals surface area (Å²) in [4.78, 5) is 4.56. The van der Waals surface area contributed by atoms with Gasteiger partial charge in [0.1, 0.15) is 5.52 Å². The second-order valence-electron chi connectivity index (χ2n) is 6.04. The van der Waals surface area contributed by atoms with Gasteiger partial charge in [0, 0.05) is 0 Å². The van der Waals surface area contributed by atoms with E-state index < -0.39 is 15.9 Å². The second kappa shape index (κ2) is 7.25. The van der Waals surface area contributed by atoms with Gasteiger partial charge in [-0.05, 0) is 49.2 Å². The Balaban J connectivity index is 1.56. The first-order valence-corrected chi connectivity index (χ1v) is 9.33. The molecule has 0 aliphatic heterocycles. The molecule has 4 aromatic rings. The highest BCUT2D eigenvalue weighted by atomic mass is 27.2. The summed E-state index contributed by atoms with van der Waals surface area (Å²) in [6.45, 7) is 4.07. The van der Waals surface area contributed by atoms with Crippen molar-refractivity contribution >= 4 is 27.0 Å². The summed E-state index contributed by atoms with van der Waals surface area (Å²) in [5.41, 5.74) is 4.62. The third kappa shape index (κ3) is 3.32. The Bertz CT molecular complexity index is 1000. The van der Waals surface area contributed by atoms with Crippen molar-refractivity contribution in [3.63, 3.8) is 0 Å². The van der Waals surface area contributed by atoms with Crippen molar-refractivity contribution in [2.75, 3.05) is 0 Å². The monoisotopic (exact) mass is 358 g/mol. The Morgan fingerprint density at radius 3 is 2.35 bits per heavy atom. The van der Waals surface area contributed by atoms with E-state index in [0.717, 1.165) is 33.5 Å². The van der Waals surface area contributed by atoms with Crippen LogP contribution >= 0.6 is 0 Å². The largest absolute Gasteiger partial charge is 0.881 e. The average molecular weight is 358 g/mol. The van der Waals surface area contributed by atoms with Gasteiger partial charge in [-0.3, -0.25) is 0 Å². The molecule has 0 unspecified atom stereocenters. The number of para-hydroxylation sites is 4. The zero-order valence-corrected chi connectivity index (χ0v) is 15.8. The summed E-state index contributed by atoms with van der Waals surface area (Å²) in [5.74, 6) is 2.15. The average Bonchev–Trinajstić information content (AvgIpc) is 3.08. The summed E-state index contributed by atoms with van der Waals surface area (Å²) >= 11 is -0.706. The van der Waals surface area contributed by atoms with Crippen LogP contribution in [-0.4, -0.2) is 20.9 Å². The predicted molar refractivity (Wildman–Crippen MR) is 102 cm³/mol. The molecule has 4 nitrogen and oxygen atoms in total. The van der Waals surface area contributed by atoms with E-state index >= 15 is 0 Å². The molecule has 0 saturated heterocycles. The molecule has 0 N–H and O–H groups in total. The van der Waals surface area contributed by atoms with Crippen LogP contribution in [0.25, 0.3) is 22.6 Å². The highest BCUT2D eigenvalue weighted by Crippen LogP contribution is 2.31. The highest BCUT2D eigenvalue weighted by molar-refractivity contribution is 6.21. The molecule has 0 aliphatic rings. The quantitative estimate of drug-likeness (QED) is 0.465. The van der Waals surface area contributed by atoms with Crippen LogP contribution < -0.4 is 7.58 Å². The molecular weight excluding hydrogens is 341 g/mol. The predicted octanol–water partition coefficient (Wildman–Crippen LogP) is 5.10. The van der Waals surface area contributed by atoms with Crippen LogP contribution in [0.15, 0.2) is 71.1 Å². The van der Waals surface area contributed by atoms with Crippen LogP contribution in [-0.2, 0) is 0 Å². The fraction of sp³-hybridized carbons (Fsp3) is 0.0952. The van der Waals surface area contributed by atoms with Gasteiger partial charge in [0.05, 0.1) is 17.1 Å². The lowest BCUT2D eigenvalue weighted by molar-refractivity contribution is 0.455. The number of aryl methyl sites for hydroxylation is 2. The first-order valence-electron chi connectivity index (χ1n) is 8.38. The zero-order chi connectivity index (χ0) is 17.9. The van der Waals surface area contributed by atoms with E-state index in [1.165, 1.54) is 0 Å². The van der Waals surface area contributed by atoms with Crippen LogP contribution in [0.4, 0.5) is 0 Å². The first-order chi connectivity index (χ1) is 12.7. The maximum Gasteiger partial charge on any atom is 0.881 e. The zero-order valence-electron chi connectivity index (χ0n) is 14.6. The Morgan fingerprint density at radius 1 is 0.808 bits per heavy atom. The summed E-state index contributed by atoms with van der Waals surface area (Å²) in [7, 11) is 0. The summed E-state index contributed by atoms with van der Waals surface area (Å²) < 4.78 is 17.8. The van der Waals surface area contributed by atoms with Crippen LogP contribution in [0.2, 0.25) is 0 Å². The Morgan fingerprint density at radius 2 is 1.54 bits per heavy atom. The van der Waals surface area contributed by atoms with Gasteiger partial charge in [0.25, 0.3) is 0 Å². The molecule has 0 bridgehead atoms. The van der Waals surface area contributed by atoms with E-state index in [9.17, 15) is 0 Å². The molecule has 0 amide bonds. The molecule has 0 aliphatic carbocycles. The van der Waals surface area contributed by atoms with Crippen LogP contribution in [0, 0.1) is 13.8 Å². The van der Waals surface area contributed by atoms with Crippen molar-refractivity contribution in [3.8, 4) is 23.0 Å². The molecule has 3 aromatic carbocycles. The molecule has 1 heterocycles. The van der Waals surface area contributed by atoms with E-state index in [2.05, 4.69) is 4.98 Å². The normalized spacial score (nSPS) is 10.7. The van der Waals surface area contributed by atoms with Gasteiger partial charge in [-0.25, -0.2) is 4.98 Å². The van der Waals surface area contributed by atoms with Crippen LogP contribution in [0.1, 0.15) is 11.1 Å². The standard InChI is InChI=1S/C13H9NO2.C8H10O.Al/c15-11-7-3-1-5-9(11)13-14-10-6-2-4-8-12(10)16-13;1-6-4-3-5-7(2)8(6)9;/h1-8,15H;3-5,9H,1-2H3;/q;;+2/p-2. The van der Waals surface area contributed by atoms with Crippen molar-refractivity contribution in [1.29, 1.82) is 0 Å². The smallest absolute Gasteiger partial charge is 0.615 e. The number of benzene rings is 3. The molecule has 0 fully saturated rings. The van der Waals surface area contributed by atoms with Gasteiger partial charge in [-0.1, -0.05) is 42.5 Å². The van der Waals surface area contributed by atoms with E-state index in [-0.39, 0.29) is 0 Å². The lowest BCUT2D eigenvalue weighted by Gasteiger charge is -2.14. The van der Waals surface area contributed by atoms with Crippen LogP contribution in [0.5, 0.6) is 11.5 Å². The Hall–Kier alpha value is -2.74. The maximum absolute atomic E-state index is 5.96.